The smallest absolute Gasteiger partial charge is 0.272 e. The van der Waals surface area contributed by atoms with Crippen molar-refractivity contribution in [2.24, 2.45) is 0 Å². The lowest BCUT2D eigenvalue weighted by atomic mass is 9.94. The highest BCUT2D eigenvalue weighted by molar-refractivity contribution is 7.88. The highest BCUT2D eigenvalue weighted by Crippen LogP contribution is 2.36. The van der Waals surface area contributed by atoms with Gasteiger partial charge >= 0.3 is 0 Å². The number of carbonyl (C=O) groups excluding carboxylic acids is 1. The fraction of sp³-hybridized carbons (Fsp3) is 0.621. The molecule has 0 bridgehead atoms. The number of nitrogens with zero attached hydrogens (tertiary/aromatic N) is 5. The van der Waals surface area contributed by atoms with E-state index in [0.29, 0.717) is 17.7 Å². The number of carbonyl (C=O) groups is 1. The molecular formula is C29H41N5O3S. The Bertz CT molecular complexity index is 1250. The van der Waals surface area contributed by atoms with Gasteiger partial charge in [-0.2, -0.15) is 0 Å². The minimum absolute atomic E-state index is 0.0179. The summed E-state index contributed by atoms with van der Waals surface area (Å²) in [5, 5.41) is 0. The molecule has 2 saturated heterocycles. The van der Waals surface area contributed by atoms with Gasteiger partial charge in [-0.15, -0.1) is 0 Å². The molecule has 2 fully saturated rings. The molecule has 5 rings (SSSR count). The van der Waals surface area contributed by atoms with Crippen molar-refractivity contribution in [1.29, 1.82) is 0 Å². The van der Waals surface area contributed by atoms with Gasteiger partial charge in [0.2, 0.25) is 10.0 Å². The summed E-state index contributed by atoms with van der Waals surface area (Å²) in [5.41, 5.74) is 5.41. The molecule has 0 saturated carbocycles. The van der Waals surface area contributed by atoms with E-state index in [1.807, 2.05) is 11.8 Å². The van der Waals surface area contributed by atoms with E-state index < -0.39 is 10.0 Å². The van der Waals surface area contributed by atoms with Gasteiger partial charge < -0.3 is 9.80 Å². The zero-order valence-corrected chi connectivity index (χ0v) is 23.8. The second-order valence-electron chi connectivity index (χ2n) is 11.3. The number of fused-ring (bicyclic) bond motifs is 1. The van der Waals surface area contributed by atoms with Gasteiger partial charge in [-0.05, 0) is 88.4 Å². The van der Waals surface area contributed by atoms with Gasteiger partial charge in [-0.3, -0.25) is 4.79 Å². The lowest BCUT2D eigenvalue weighted by Crippen LogP contribution is -2.52. The zero-order chi connectivity index (χ0) is 26.9. The molecule has 9 heteroatoms. The van der Waals surface area contributed by atoms with E-state index in [9.17, 15) is 13.2 Å². The molecule has 8 nitrogen and oxygen atoms in total. The highest BCUT2D eigenvalue weighted by atomic mass is 32.2. The van der Waals surface area contributed by atoms with Crippen molar-refractivity contribution in [2.45, 2.75) is 76.3 Å². The minimum atomic E-state index is -3.15. The quantitative estimate of drug-likeness (QED) is 0.536. The Morgan fingerprint density at radius 1 is 1.03 bits per heavy atom. The Labute approximate surface area is 227 Å². The van der Waals surface area contributed by atoms with Crippen LogP contribution in [0.2, 0.25) is 0 Å². The molecular weight excluding hydrogens is 498 g/mol. The van der Waals surface area contributed by atoms with Crippen molar-refractivity contribution in [3.05, 3.63) is 58.7 Å². The van der Waals surface area contributed by atoms with Crippen LogP contribution in [0.3, 0.4) is 0 Å². The van der Waals surface area contributed by atoms with Crippen LogP contribution in [-0.2, 0) is 22.9 Å². The summed E-state index contributed by atoms with van der Waals surface area (Å²) < 4.78 is 25.3. The molecule has 0 N–H and O–H groups in total. The fourth-order valence-corrected chi connectivity index (χ4v) is 7.43. The summed E-state index contributed by atoms with van der Waals surface area (Å²) >= 11 is 0. The molecule has 1 unspecified atom stereocenters. The Morgan fingerprint density at radius 2 is 1.74 bits per heavy atom. The number of amides is 1. The third kappa shape index (κ3) is 5.80. The molecule has 38 heavy (non-hydrogen) atoms. The van der Waals surface area contributed by atoms with Crippen LogP contribution in [-0.4, -0.2) is 90.0 Å². The Kier molecular flexibility index (Phi) is 8.16. The lowest BCUT2D eigenvalue weighted by Gasteiger charge is -2.43. The first kappa shape index (κ1) is 27.2. The van der Waals surface area contributed by atoms with E-state index in [1.165, 1.54) is 28.1 Å². The number of aryl methyl sites for hydroxylation is 2. The van der Waals surface area contributed by atoms with Crippen molar-refractivity contribution < 1.29 is 13.2 Å². The van der Waals surface area contributed by atoms with Gasteiger partial charge in [0.1, 0.15) is 12.0 Å². The number of rotatable bonds is 7. The van der Waals surface area contributed by atoms with Crippen LogP contribution in [0.1, 0.15) is 77.3 Å². The summed E-state index contributed by atoms with van der Waals surface area (Å²) in [6, 6.07) is 9.28. The topological polar surface area (TPSA) is 86.7 Å². The summed E-state index contributed by atoms with van der Waals surface area (Å²) in [6.45, 7) is 5.26. The molecule has 0 spiro atoms. The molecule has 206 valence electrons. The van der Waals surface area contributed by atoms with E-state index in [-0.39, 0.29) is 11.9 Å². The largest absolute Gasteiger partial charge is 0.337 e. The van der Waals surface area contributed by atoms with Crippen molar-refractivity contribution >= 4 is 15.9 Å². The van der Waals surface area contributed by atoms with E-state index in [4.69, 9.17) is 0 Å². The highest BCUT2D eigenvalue weighted by Gasteiger charge is 2.33. The number of piperidine rings is 2. The minimum Gasteiger partial charge on any atom is -0.337 e. The van der Waals surface area contributed by atoms with Crippen LogP contribution >= 0.6 is 0 Å². The Balaban J connectivity index is 1.14. The van der Waals surface area contributed by atoms with Crippen LogP contribution < -0.4 is 0 Å². The molecule has 1 aromatic heterocycles. The third-order valence-corrected chi connectivity index (χ3v) is 10.5. The van der Waals surface area contributed by atoms with Gasteiger partial charge in [0.15, 0.2) is 0 Å². The van der Waals surface area contributed by atoms with Crippen LogP contribution in [0.25, 0.3) is 0 Å². The van der Waals surface area contributed by atoms with Gasteiger partial charge in [0, 0.05) is 43.5 Å². The molecule has 2 aromatic rings. The van der Waals surface area contributed by atoms with Gasteiger partial charge in [0.25, 0.3) is 5.91 Å². The van der Waals surface area contributed by atoms with E-state index in [2.05, 4.69) is 39.1 Å². The normalized spacial score (nSPS) is 21.7. The first-order valence-corrected chi connectivity index (χ1v) is 15.9. The second kappa shape index (κ2) is 11.4. The molecule has 0 radical (unpaired) electrons. The Hall–Kier alpha value is -2.36. The van der Waals surface area contributed by atoms with Gasteiger partial charge in [-0.25, -0.2) is 22.7 Å². The number of hydrogen-bond acceptors (Lipinski definition) is 6. The number of aromatic nitrogens is 2. The lowest BCUT2D eigenvalue weighted by molar-refractivity contribution is 0.0542. The molecule has 1 amide bonds. The predicted octanol–water partition coefficient (Wildman–Crippen LogP) is 3.41. The SMILES string of the molecule is Cc1c(CCC2CCc3ccccc32)ncnc1C(=O)N1CCC(N2CCC(N(C)S(C)(=O)=O)CC2)CC1. The summed E-state index contributed by atoms with van der Waals surface area (Å²) in [4.78, 5) is 26.9. The number of hydrogen-bond donors (Lipinski definition) is 0. The van der Waals surface area contributed by atoms with Crippen LogP contribution in [0.15, 0.2) is 30.6 Å². The molecule has 3 heterocycles. The third-order valence-electron chi connectivity index (χ3n) is 9.18. The first-order chi connectivity index (χ1) is 18.2. The summed E-state index contributed by atoms with van der Waals surface area (Å²) in [6.07, 6.45) is 10.7. The number of likely N-dealkylation sites (tertiary alicyclic amines) is 2. The van der Waals surface area contributed by atoms with Crippen LogP contribution in [0.5, 0.6) is 0 Å². The maximum Gasteiger partial charge on any atom is 0.272 e. The molecule has 1 aromatic carbocycles. The van der Waals surface area contributed by atoms with Crippen LogP contribution in [0.4, 0.5) is 0 Å². The van der Waals surface area contributed by atoms with E-state index in [1.54, 1.807) is 13.4 Å². The van der Waals surface area contributed by atoms with E-state index >= 15 is 0 Å². The molecule has 1 atom stereocenters. The van der Waals surface area contributed by atoms with E-state index in [0.717, 1.165) is 82.4 Å². The Morgan fingerprint density at radius 3 is 2.45 bits per heavy atom. The number of sulfonamides is 1. The average Bonchev–Trinajstić information content (AvgIpc) is 3.34. The van der Waals surface area contributed by atoms with Crippen molar-refractivity contribution in [1.82, 2.24) is 24.1 Å². The van der Waals surface area contributed by atoms with Crippen LogP contribution in [0, 0.1) is 6.92 Å². The fourth-order valence-electron chi connectivity index (χ4n) is 6.68. The second-order valence-corrected chi connectivity index (χ2v) is 13.4. The zero-order valence-electron chi connectivity index (χ0n) is 23.0. The maximum atomic E-state index is 13.5. The summed E-state index contributed by atoms with van der Waals surface area (Å²) in [7, 11) is -1.47. The van der Waals surface area contributed by atoms with Crippen molar-refractivity contribution in [2.75, 3.05) is 39.5 Å². The average molecular weight is 540 g/mol. The molecule has 2 aliphatic heterocycles. The molecule has 3 aliphatic rings. The van der Waals surface area contributed by atoms with Gasteiger partial charge in [0.05, 0.1) is 6.26 Å². The molecule has 1 aliphatic carbocycles. The maximum absolute atomic E-state index is 13.5. The van der Waals surface area contributed by atoms with Crippen molar-refractivity contribution in [3.8, 4) is 0 Å². The first-order valence-electron chi connectivity index (χ1n) is 14.1. The standard InChI is InChI=1S/C29H41N5O3S/c1-21-27(11-10-23-9-8-22-6-4-5-7-26(22)23)30-20-31-28(21)29(35)34-18-14-25(15-19-34)33-16-12-24(13-17-33)32(2)38(3,36)37/h4-7,20,23-25H,8-19H2,1-3H3. The van der Waals surface area contributed by atoms with Crippen molar-refractivity contribution in [3.63, 3.8) is 0 Å². The number of benzene rings is 1. The van der Waals surface area contributed by atoms with Gasteiger partial charge in [-0.1, -0.05) is 24.3 Å². The summed E-state index contributed by atoms with van der Waals surface area (Å²) in [5.74, 6) is 0.583. The monoisotopic (exact) mass is 539 g/mol. The predicted molar refractivity (Wildman–Crippen MR) is 149 cm³/mol.